The van der Waals surface area contributed by atoms with Gasteiger partial charge in [-0.25, -0.2) is 0 Å². The lowest BCUT2D eigenvalue weighted by Crippen LogP contribution is -2.29. The lowest BCUT2D eigenvalue weighted by molar-refractivity contribution is -0.132. The van der Waals surface area contributed by atoms with Gasteiger partial charge in [0.1, 0.15) is 17.6 Å². The zero-order valence-corrected chi connectivity index (χ0v) is 18.9. The molecule has 1 atom stereocenters. The number of amides is 1. The molecule has 3 heterocycles. The van der Waals surface area contributed by atoms with Crippen LogP contribution in [0, 0.1) is 6.92 Å². The van der Waals surface area contributed by atoms with E-state index in [1.54, 1.807) is 24.3 Å². The third-order valence-corrected chi connectivity index (χ3v) is 7.03. The number of hydrogen-bond acceptors (Lipinski definition) is 5. The smallest absolute Gasteiger partial charge is 0.300 e. The van der Waals surface area contributed by atoms with E-state index in [2.05, 4.69) is 0 Å². The Morgan fingerprint density at radius 1 is 1.19 bits per heavy atom. The van der Waals surface area contributed by atoms with Gasteiger partial charge in [-0.3, -0.25) is 14.5 Å². The van der Waals surface area contributed by atoms with Gasteiger partial charge in [0.25, 0.3) is 11.7 Å². The number of carbonyl (C=O) groups is 2. The van der Waals surface area contributed by atoms with Crippen molar-refractivity contribution >= 4 is 46.1 Å². The maximum absolute atomic E-state index is 13.2. The van der Waals surface area contributed by atoms with E-state index in [0.29, 0.717) is 22.9 Å². The Bertz CT molecular complexity index is 1260. The Hall–Kier alpha value is -3.09. The van der Waals surface area contributed by atoms with Crippen LogP contribution in [0.5, 0.6) is 5.75 Å². The van der Waals surface area contributed by atoms with Crippen LogP contribution in [0.3, 0.4) is 0 Å². The minimum absolute atomic E-state index is 0.0773. The van der Waals surface area contributed by atoms with Crippen LogP contribution in [0.2, 0.25) is 5.02 Å². The van der Waals surface area contributed by atoms with Gasteiger partial charge in [0.05, 0.1) is 12.2 Å². The topological polar surface area (TPSA) is 66.8 Å². The number of nitrogens with zero attached hydrogens (tertiary/aromatic N) is 1. The number of carbonyl (C=O) groups excluding carboxylic acids is 2. The monoisotopic (exact) mass is 465 g/mol. The van der Waals surface area contributed by atoms with Gasteiger partial charge in [0, 0.05) is 21.2 Å². The van der Waals surface area contributed by atoms with Crippen LogP contribution in [0.25, 0.3) is 5.76 Å². The highest BCUT2D eigenvalue weighted by molar-refractivity contribution is 7.10. The van der Waals surface area contributed by atoms with E-state index in [0.717, 1.165) is 34.6 Å². The lowest BCUT2D eigenvalue weighted by atomic mass is 9.97. The average molecular weight is 466 g/mol. The summed E-state index contributed by atoms with van der Waals surface area (Å²) in [5, 5.41) is 13.6. The van der Waals surface area contributed by atoms with Gasteiger partial charge in [0.2, 0.25) is 0 Å². The Morgan fingerprint density at radius 3 is 2.81 bits per heavy atom. The normalized spacial score (nSPS) is 19.7. The molecule has 162 valence electrons. The van der Waals surface area contributed by atoms with Crippen molar-refractivity contribution in [3.63, 3.8) is 0 Å². The maximum atomic E-state index is 13.2. The number of anilines is 1. The van der Waals surface area contributed by atoms with Crippen molar-refractivity contribution in [3.8, 4) is 5.75 Å². The van der Waals surface area contributed by atoms with Crippen LogP contribution in [-0.4, -0.2) is 23.4 Å². The number of rotatable bonds is 3. The molecule has 0 radical (unpaired) electrons. The Labute approximate surface area is 194 Å². The van der Waals surface area contributed by atoms with Crippen LogP contribution < -0.4 is 9.64 Å². The van der Waals surface area contributed by atoms with Crippen molar-refractivity contribution < 1.29 is 19.4 Å². The summed E-state index contributed by atoms with van der Waals surface area (Å²) in [5.74, 6) is -0.791. The van der Waals surface area contributed by atoms with Gasteiger partial charge < -0.3 is 9.84 Å². The molecule has 0 aliphatic carbocycles. The minimum atomic E-state index is -0.737. The molecule has 5 rings (SSSR count). The second-order valence-corrected chi connectivity index (χ2v) is 9.31. The standard InChI is InChI=1S/C25H20ClNO4S/c1-14-6-8-17(26)13-18(14)27-22(20-5-3-11-32-20)21(24(29)25(27)30)23(28)16-7-9-19-15(12-16)4-2-10-31-19/h3,5-9,11-13,22,28H,2,4,10H2,1H3/b23-21-. The number of halogens is 1. The maximum Gasteiger partial charge on any atom is 0.300 e. The fraction of sp³-hybridized carbons (Fsp3) is 0.200. The molecular weight excluding hydrogens is 446 g/mol. The number of ketones is 1. The third kappa shape index (κ3) is 3.40. The predicted molar refractivity (Wildman–Crippen MR) is 126 cm³/mol. The molecule has 1 unspecified atom stereocenters. The fourth-order valence-electron chi connectivity index (χ4n) is 4.30. The number of hydrogen-bond donors (Lipinski definition) is 1. The van der Waals surface area contributed by atoms with E-state index >= 15 is 0 Å². The summed E-state index contributed by atoms with van der Waals surface area (Å²) in [4.78, 5) is 28.7. The summed E-state index contributed by atoms with van der Waals surface area (Å²) in [5.41, 5.74) is 2.91. The number of ether oxygens (including phenoxy) is 1. The summed E-state index contributed by atoms with van der Waals surface area (Å²) in [7, 11) is 0. The fourth-order valence-corrected chi connectivity index (χ4v) is 5.29. The third-order valence-electron chi connectivity index (χ3n) is 5.87. The molecule has 0 saturated carbocycles. The Balaban J connectivity index is 1.70. The number of thiophene rings is 1. The zero-order valence-electron chi connectivity index (χ0n) is 17.3. The van der Waals surface area contributed by atoms with Gasteiger partial charge in [-0.15, -0.1) is 11.3 Å². The van der Waals surface area contributed by atoms with Crippen LogP contribution in [0.1, 0.15) is 34.0 Å². The van der Waals surface area contributed by atoms with E-state index in [4.69, 9.17) is 16.3 Å². The molecule has 2 aliphatic heterocycles. The molecule has 0 spiro atoms. The number of aliphatic hydroxyl groups is 1. The molecule has 1 aromatic heterocycles. The van der Waals surface area contributed by atoms with Crippen molar-refractivity contribution in [2.24, 2.45) is 0 Å². The summed E-state index contributed by atoms with van der Waals surface area (Å²) in [6.45, 7) is 2.53. The van der Waals surface area contributed by atoms with Crippen molar-refractivity contribution in [1.29, 1.82) is 0 Å². The van der Waals surface area contributed by atoms with Gasteiger partial charge in [-0.1, -0.05) is 23.7 Å². The van der Waals surface area contributed by atoms with E-state index in [1.807, 2.05) is 36.6 Å². The van der Waals surface area contributed by atoms with E-state index in [1.165, 1.54) is 16.2 Å². The lowest BCUT2D eigenvalue weighted by Gasteiger charge is -2.26. The first-order valence-electron chi connectivity index (χ1n) is 10.3. The number of benzene rings is 2. The molecule has 1 N–H and O–H groups in total. The molecular formula is C25H20ClNO4S. The molecule has 32 heavy (non-hydrogen) atoms. The first-order chi connectivity index (χ1) is 15.5. The van der Waals surface area contributed by atoms with Crippen LogP contribution >= 0.6 is 22.9 Å². The predicted octanol–water partition coefficient (Wildman–Crippen LogP) is 5.66. The first-order valence-corrected chi connectivity index (χ1v) is 11.6. The molecule has 2 aliphatic rings. The van der Waals surface area contributed by atoms with E-state index < -0.39 is 17.7 Å². The van der Waals surface area contributed by atoms with E-state index in [-0.39, 0.29) is 11.3 Å². The highest BCUT2D eigenvalue weighted by atomic mass is 35.5. The SMILES string of the molecule is Cc1ccc(Cl)cc1N1C(=O)C(=O)/C(=C(\O)c2ccc3c(c2)CCCO3)C1c1cccs1. The van der Waals surface area contributed by atoms with Gasteiger partial charge >= 0.3 is 0 Å². The minimum Gasteiger partial charge on any atom is -0.507 e. The van der Waals surface area contributed by atoms with Crippen LogP contribution in [0.15, 0.2) is 59.5 Å². The summed E-state index contributed by atoms with van der Waals surface area (Å²) >= 11 is 7.65. The average Bonchev–Trinajstić information content (AvgIpc) is 3.42. The van der Waals surface area contributed by atoms with Gasteiger partial charge in [-0.05, 0) is 72.7 Å². The largest absolute Gasteiger partial charge is 0.507 e. The highest BCUT2D eigenvalue weighted by Crippen LogP contribution is 2.45. The molecule has 0 bridgehead atoms. The van der Waals surface area contributed by atoms with E-state index in [9.17, 15) is 14.7 Å². The van der Waals surface area contributed by atoms with Crippen LogP contribution in [0.4, 0.5) is 5.69 Å². The Kier molecular flexibility index (Phi) is 5.27. The molecule has 1 saturated heterocycles. The Morgan fingerprint density at radius 2 is 2.03 bits per heavy atom. The molecule has 7 heteroatoms. The van der Waals surface area contributed by atoms with Crippen LogP contribution in [-0.2, 0) is 16.0 Å². The molecule has 3 aromatic rings. The number of aryl methyl sites for hydroxylation is 2. The molecule has 5 nitrogen and oxygen atoms in total. The quantitative estimate of drug-likeness (QED) is 0.308. The number of Topliss-reactive ketones (excluding diaryl/α,β-unsaturated/α-hetero) is 1. The zero-order chi connectivity index (χ0) is 22.4. The summed E-state index contributed by atoms with van der Waals surface area (Å²) < 4.78 is 5.66. The van der Waals surface area contributed by atoms with Crippen molar-refractivity contribution in [2.75, 3.05) is 11.5 Å². The van der Waals surface area contributed by atoms with Crippen molar-refractivity contribution in [2.45, 2.75) is 25.8 Å². The molecule has 2 aromatic carbocycles. The highest BCUT2D eigenvalue weighted by Gasteiger charge is 2.47. The number of aliphatic hydroxyl groups excluding tert-OH is 1. The number of fused-ring (bicyclic) bond motifs is 1. The van der Waals surface area contributed by atoms with Gasteiger partial charge in [-0.2, -0.15) is 0 Å². The summed E-state index contributed by atoms with van der Waals surface area (Å²) in [6.07, 6.45) is 1.73. The second-order valence-electron chi connectivity index (χ2n) is 7.89. The molecule has 1 fully saturated rings. The first kappa shape index (κ1) is 20.8. The van der Waals surface area contributed by atoms with Gasteiger partial charge in [0.15, 0.2) is 0 Å². The molecule has 1 amide bonds. The van der Waals surface area contributed by atoms with Crippen molar-refractivity contribution in [3.05, 3.63) is 86.1 Å². The summed E-state index contributed by atoms with van der Waals surface area (Å²) in [6, 6.07) is 13.6. The van der Waals surface area contributed by atoms with Crippen molar-refractivity contribution in [1.82, 2.24) is 0 Å². The second kappa shape index (κ2) is 8.11.